The van der Waals surface area contributed by atoms with Gasteiger partial charge in [0.25, 0.3) is 5.91 Å². The van der Waals surface area contributed by atoms with E-state index in [9.17, 15) is 4.79 Å². The van der Waals surface area contributed by atoms with E-state index in [1.165, 1.54) is 0 Å². The summed E-state index contributed by atoms with van der Waals surface area (Å²) in [6.45, 7) is 1.63. The van der Waals surface area contributed by atoms with Gasteiger partial charge >= 0.3 is 0 Å². The number of hydrogen-bond donors (Lipinski definition) is 2. The van der Waals surface area contributed by atoms with Crippen LogP contribution in [0, 0.1) is 0 Å². The molecule has 1 fully saturated rings. The zero-order valence-corrected chi connectivity index (χ0v) is 9.10. The number of hydrazine groups is 1. The first kappa shape index (κ1) is 11.0. The Balaban J connectivity index is 1.88. The fourth-order valence-electron chi connectivity index (χ4n) is 1.72. The lowest BCUT2D eigenvalue weighted by Crippen LogP contribution is -2.49. The minimum atomic E-state index is -0.108. The molecule has 0 unspecified atom stereocenters. The normalized spacial score (nSPS) is 18.3. The molecule has 3 N–H and O–H groups in total. The number of nitrogens with zero attached hydrogens (tertiary/aromatic N) is 2. The molecule has 86 valence electrons. The predicted molar refractivity (Wildman–Crippen MR) is 60.5 cm³/mol. The Hall–Kier alpha value is -1.46. The van der Waals surface area contributed by atoms with E-state index in [2.05, 4.69) is 10.4 Å². The van der Waals surface area contributed by atoms with Crippen molar-refractivity contribution in [2.75, 3.05) is 13.1 Å². The van der Waals surface area contributed by atoms with Gasteiger partial charge < -0.3 is 5.73 Å². The third kappa shape index (κ3) is 2.77. The minimum Gasteiger partial charge on any atom is -0.328 e. The van der Waals surface area contributed by atoms with E-state index in [-0.39, 0.29) is 11.9 Å². The van der Waals surface area contributed by atoms with Crippen LogP contribution in [0.15, 0.2) is 24.5 Å². The fourth-order valence-corrected chi connectivity index (χ4v) is 1.72. The standard InChI is InChI=1S/C11H16N4O/c12-10-3-6-15(7-4-10)14-11(16)9-2-1-5-13-8-9/h1-2,5,8,10H,3-4,6-7,12H2,(H,14,16). The van der Waals surface area contributed by atoms with Gasteiger partial charge in [0.1, 0.15) is 0 Å². The molecule has 0 aliphatic carbocycles. The minimum absolute atomic E-state index is 0.108. The van der Waals surface area contributed by atoms with E-state index >= 15 is 0 Å². The summed E-state index contributed by atoms with van der Waals surface area (Å²) in [5.74, 6) is -0.108. The van der Waals surface area contributed by atoms with Crippen molar-refractivity contribution >= 4 is 5.91 Å². The van der Waals surface area contributed by atoms with Crippen LogP contribution in [0.25, 0.3) is 0 Å². The molecule has 0 aromatic carbocycles. The second kappa shape index (κ2) is 5.05. The smallest absolute Gasteiger partial charge is 0.267 e. The second-order valence-corrected chi connectivity index (χ2v) is 4.01. The number of piperidine rings is 1. The van der Waals surface area contributed by atoms with Crippen molar-refractivity contribution in [2.45, 2.75) is 18.9 Å². The average Bonchev–Trinajstić information content (AvgIpc) is 2.33. The Kier molecular flexibility index (Phi) is 3.48. The lowest BCUT2D eigenvalue weighted by atomic mass is 10.1. The molecule has 1 aromatic rings. The molecule has 2 heterocycles. The molecule has 1 amide bonds. The highest BCUT2D eigenvalue weighted by Gasteiger charge is 2.17. The first-order valence-electron chi connectivity index (χ1n) is 5.47. The molecule has 0 saturated carbocycles. The maximum atomic E-state index is 11.8. The topological polar surface area (TPSA) is 71.2 Å². The molecule has 0 atom stereocenters. The van der Waals surface area contributed by atoms with Gasteiger partial charge in [-0.05, 0) is 25.0 Å². The van der Waals surface area contributed by atoms with Crippen molar-refractivity contribution in [1.82, 2.24) is 15.4 Å². The first-order chi connectivity index (χ1) is 7.75. The molecule has 0 radical (unpaired) electrons. The van der Waals surface area contributed by atoms with Gasteiger partial charge in [-0.15, -0.1) is 0 Å². The zero-order chi connectivity index (χ0) is 11.4. The Morgan fingerprint density at radius 3 is 2.88 bits per heavy atom. The van der Waals surface area contributed by atoms with Crippen molar-refractivity contribution < 1.29 is 4.79 Å². The molecular formula is C11H16N4O. The summed E-state index contributed by atoms with van der Waals surface area (Å²) in [6.07, 6.45) is 5.06. The summed E-state index contributed by atoms with van der Waals surface area (Å²) in [6, 6.07) is 3.77. The number of pyridine rings is 1. The van der Waals surface area contributed by atoms with Crippen molar-refractivity contribution in [3.05, 3.63) is 30.1 Å². The SMILES string of the molecule is NC1CCN(NC(=O)c2cccnc2)CC1. The fraction of sp³-hybridized carbons (Fsp3) is 0.455. The van der Waals surface area contributed by atoms with Crippen molar-refractivity contribution in [2.24, 2.45) is 5.73 Å². The molecule has 1 aliphatic heterocycles. The van der Waals surface area contributed by atoms with E-state index in [1.54, 1.807) is 24.5 Å². The maximum absolute atomic E-state index is 11.8. The predicted octanol–water partition coefficient (Wildman–Crippen LogP) is 0.150. The molecule has 1 saturated heterocycles. The Morgan fingerprint density at radius 2 is 2.25 bits per heavy atom. The third-order valence-electron chi connectivity index (χ3n) is 2.72. The Morgan fingerprint density at radius 1 is 1.50 bits per heavy atom. The molecule has 5 nitrogen and oxygen atoms in total. The largest absolute Gasteiger partial charge is 0.328 e. The van der Waals surface area contributed by atoms with Crippen LogP contribution in [-0.4, -0.2) is 35.0 Å². The van der Waals surface area contributed by atoms with E-state index in [1.807, 2.05) is 5.01 Å². The van der Waals surface area contributed by atoms with Gasteiger partial charge in [-0.3, -0.25) is 15.2 Å². The number of aromatic nitrogens is 1. The first-order valence-corrected chi connectivity index (χ1v) is 5.47. The second-order valence-electron chi connectivity index (χ2n) is 4.01. The monoisotopic (exact) mass is 220 g/mol. The third-order valence-corrected chi connectivity index (χ3v) is 2.72. The van der Waals surface area contributed by atoms with Crippen LogP contribution in [0.3, 0.4) is 0 Å². The van der Waals surface area contributed by atoms with Gasteiger partial charge in [0.2, 0.25) is 0 Å². The zero-order valence-electron chi connectivity index (χ0n) is 9.10. The van der Waals surface area contributed by atoms with Crippen LogP contribution in [0.5, 0.6) is 0 Å². The summed E-state index contributed by atoms with van der Waals surface area (Å²) in [5.41, 5.74) is 9.22. The number of nitrogens with two attached hydrogens (primary N) is 1. The lowest BCUT2D eigenvalue weighted by molar-refractivity contribution is 0.0736. The van der Waals surface area contributed by atoms with Crippen LogP contribution < -0.4 is 11.2 Å². The van der Waals surface area contributed by atoms with Crippen LogP contribution >= 0.6 is 0 Å². The number of carbonyl (C=O) groups is 1. The van der Waals surface area contributed by atoms with E-state index < -0.39 is 0 Å². The van der Waals surface area contributed by atoms with E-state index in [0.29, 0.717) is 5.56 Å². The summed E-state index contributed by atoms with van der Waals surface area (Å²) in [4.78, 5) is 15.7. The van der Waals surface area contributed by atoms with Gasteiger partial charge in [-0.25, -0.2) is 5.01 Å². The maximum Gasteiger partial charge on any atom is 0.267 e. The van der Waals surface area contributed by atoms with Crippen LogP contribution in [0.1, 0.15) is 23.2 Å². The summed E-state index contributed by atoms with van der Waals surface area (Å²) < 4.78 is 0. The van der Waals surface area contributed by atoms with Gasteiger partial charge in [0.05, 0.1) is 5.56 Å². The van der Waals surface area contributed by atoms with Crippen molar-refractivity contribution in [1.29, 1.82) is 0 Å². The molecule has 2 rings (SSSR count). The molecule has 0 spiro atoms. The van der Waals surface area contributed by atoms with E-state index in [4.69, 9.17) is 5.73 Å². The summed E-state index contributed by atoms with van der Waals surface area (Å²) in [7, 11) is 0. The highest BCUT2D eigenvalue weighted by Crippen LogP contribution is 2.06. The molecule has 1 aliphatic rings. The Bertz CT molecular complexity index is 346. The van der Waals surface area contributed by atoms with Gasteiger partial charge in [-0.1, -0.05) is 0 Å². The number of amides is 1. The average molecular weight is 220 g/mol. The molecule has 0 bridgehead atoms. The molecule has 16 heavy (non-hydrogen) atoms. The highest BCUT2D eigenvalue weighted by atomic mass is 16.2. The summed E-state index contributed by atoms with van der Waals surface area (Å²) in [5, 5.41) is 1.92. The molecule has 5 heteroatoms. The quantitative estimate of drug-likeness (QED) is 0.744. The van der Waals surface area contributed by atoms with Crippen molar-refractivity contribution in [3.8, 4) is 0 Å². The van der Waals surface area contributed by atoms with Crippen LogP contribution in [0.2, 0.25) is 0 Å². The highest BCUT2D eigenvalue weighted by molar-refractivity contribution is 5.93. The number of nitrogens with one attached hydrogen (secondary N) is 1. The number of carbonyl (C=O) groups excluding carboxylic acids is 1. The van der Waals surface area contributed by atoms with Crippen LogP contribution in [0.4, 0.5) is 0 Å². The van der Waals surface area contributed by atoms with E-state index in [0.717, 1.165) is 25.9 Å². The summed E-state index contributed by atoms with van der Waals surface area (Å²) >= 11 is 0. The van der Waals surface area contributed by atoms with Crippen LogP contribution in [-0.2, 0) is 0 Å². The molecular weight excluding hydrogens is 204 g/mol. The van der Waals surface area contributed by atoms with Gasteiger partial charge in [0, 0.05) is 31.5 Å². The van der Waals surface area contributed by atoms with Gasteiger partial charge in [0.15, 0.2) is 0 Å². The lowest BCUT2D eigenvalue weighted by Gasteiger charge is -2.30. The van der Waals surface area contributed by atoms with Crippen molar-refractivity contribution in [3.63, 3.8) is 0 Å². The molecule has 1 aromatic heterocycles. The number of hydrogen-bond acceptors (Lipinski definition) is 4. The number of rotatable bonds is 2. The Labute approximate surface area is 94.6 Å². The van der Waals surface area contributed by atoms with Gasteiger partial charge in [-0.2, -0.15) is 0 Å².